The van der Waals surface area contributed by atoms with Crippen molar-refractivity contribution in [2.75, 3.05) is 33.7 Å². The Labute approximate surface area is 173 Å². The van der Waals surface area contributed by atoms with E-state index in [9.17, 15) is 0 Å². The lowest BCUT2D eigenvalue weighted by Gasteiger charge is -2.27. The molecule has 3 aromatic rings. The number of hydrogen-bond donors (Lipinski definition) is 0. The molecule has 0 amide bonds. The van der Waals surface area contributed by atoms with Crippen LogP contribution in [0.25, 0.3) is 0 Å². The fourth-order valence-electron chi connectivity index (χ4n) is 4.76. The van der Waals surface area contributed by atoms with E-state index in [0.717, 1.165) is 0 Å². The average Bonchev–Trinajstić information content (AvgIpc) is 3.14. The second kappa shape index (κ2) is 6.41. The van der Waals surface area contributed by atoms with Crippen LogP contribution in [0, 0.1) is 0 Å². The molecule has 0 fully saturated rings. The maximum Gasteiger partial charge on any atom is 0.230 e. The van der Waals surface area contributed by atoms with Crippen molar-refractivity contribution in [2.24, 2.45) is 7.05 Å². The van der Waals surface area contributed by atoms with Gasteiger partial charge in [-0.25, -0.2) is 14.4 Å². The van der Waals surface area contributed by atoms with E-state index in [1.54, 1.807) is 0 Å². The smallest absolute Gasteiger partial charge is 0.230 e. The summed E-state index contributed by atoms with van der Waals surface area (Å²) in [5.74, 6) is 2.37. The summed E-state index contributed by atoms with van der Waals surface area (Å²) in [7, 11) is 6.51. The van der Waals surface area contributed by atoms with Crippen LogP contribution in [-0.2, 0) is 7.05 Å². The van der Waals surface area contributed by atoms with Gasteiger partial charge in [-0.05, 0) is 44.2 Å². The molecule has 5 heteroatoms. The van der Waals surface area contributed by atoms with E-state index in [-0.39, 0.29) is 12.3 Å². The standard InChI is InChI=1S/C24H28N5/c1-17-25(3)19-11-6-8-13-21(19)28(17)23-15-10-16-24(27(23)5)29-18(2)26(4)20-12-7-9-14-22(20)29/h6-18H,1-5H3/q+1/t17-,18+. The lowest BCUT2D eigenvalue weighted by Crippen LogP contribution is -2.48. The van der Waals surface area contributed by atoms with E-state index in [1.807, 2.05) is 0 Å². The Kier molecular flexibility index (Phi) is 3.95. The maximum atomic E-state index is 2.43. The first-order valence-electron chi connectivity index (χ1n) is 10.2. The zero-order chi connectivity index (χ0) is 20.3. The number of nitrogens with zero attached hydrogens (tertiary/aromatic N) is 5. The van der Waals surface area contributed by atoms with Crippen molar-refractivity contribution in [1.82, 2.24) is 0 Å². The zero-order valence-electron chi connectivity index (χ0n) is 17.7. The molecule has 3 heterocycles. The predicted octanol–water partition coefficient (Wildman–Crippen LogP) is 4.38. The van der Waals surface area contributed by atoms with Gasteiger partial charge in [-0.3, -0.25) is 0 Å². The fraction of sp³-hybridized carbons (Fsp3) is 0.292. The molecule has 0 radical (unpaired) electrons. The minimum atomic E-state index is 0.250. The third kappa shape index (κ3) is 2.43. The number of para-hydroxylation sites is 4. The van der Waals surface area contributed by atoms with Gasteiger partial charge in [-0.2, -0.15) is 0 Å². The molecule has 0 saturated carbocycles. The molecule has 5 nitrogen and oxygen atoms in total. The van der Waals surface area contributed by atoms with Crippen LogP contribution in [0.5, 0.6) is 0 Å². The quantitative estimate of drug-likeness (QED) is 0.608. The summed E-state index contributed by atoms with van der Waals surface area (Å²) < 4.78 is 2.32. The first-order valence-corrected chi connectivity index (χ1v) is 10.2. The van der Waals surface area contributed by atoms with Crippen molar-refractivity contribution in [3.05, 3.63) is 66.7 Å². The summed E-state index contributed by atoms with van der Waals surface area (Å²) in [5.41, 5.74) is 5.04. The minimum absolute atomic E-state index is 0.250. The normalized spacial score (nSPS) is 20.3. The van der Waals surface area contributed by atoms with Crippen molar-refractivity contribution in [3.8, 4) is 0 Å². The first-order chi connectivity index (χ1) is 14.0. The molecule has 29 heavy (non-hydrogen) atoms. The second-order valence-corrected chi connectivity index (χ2v) is 8.00. The van der Waals surface area contributed by atoms with Crippen molar-refractivity contribution in [3.63, 3.8) is 0 Å². The maximum absolute atomic E-state index is 2.43. The Morgan fingerprint density at radius 2 is 0.966 bits per heavy atom. The van der Waals surface area contributed by atoms with E-state index in [4.69, 9.17) is 0 Å². The third-order valence-corrected chi connectivity index (χ3v) is 6.58. The minimum Gasteiger partial charge on any atom is -0.339 e. The Morgan fingerprint density at radius 3 is 1.38 bits per heavy atom. The summed E-state index contributed by atoms with van der Waals surface area (Å²) in [6.45, 7) is 4.52. The molecular formula is C24H28N5+. The van der Waals surface area contributed by atoms with E-state index in [2.05, 4.69) is 126 Å². The molecular weight excluding hydrogens is 358 g/mol. The molecule has 0 N–H and O–H groups in total. The second-order valence-electron chi connectivity index (χ2n) is 8.00. The van der Waals surface area contributed by atoms with Crippen LogP contribution >= 0.6 is 0 Å². The van der Waals surface area contributed by atoms with Crippen molar-refractivity contribution in [2.45, 2.75) is 26.2 Å². The third-order valence-electron chi connectivity index (χ3n) is 6.58. The van der Waals surface area contributed by atoms with Crippen LogP contribution < -0.4 is 24.2 Å². The van der Waals surface area contributed by atoms with Gasteiger partial charge in [0.15, 0.2) is 12.3 Å². The molecule has 0 unspecified atom stereocenters. The monoisotopic (exact) mass is 386 g/mol. The van der Waals surface area contributed by atoms with Gasteiger partial charge in [0, 0.05) is 26.2 Å². The highest BCUT2D eigenvalue weighted by molar-refractivity contribution is 5.83. The Balaban J connectivity index is 1.64. The van der Waals surface area contributed by atoms with Crippen molar-refractivity contribution in [1.29, 1.82) is 0 Å². The van der Waals surface area contributed by atoms with E-state index in [0.29, 0.717) is 0 Å². The van der Waals surface area contributed by atoms with Gasteiger partial charge in [-0.1, -0.05) is 24.3 Å². The molecule has 2 aliphatic heterocycles. The van der Waals surface area contributed by atoms with Gasteiger partial charge < -0.3 is 9.80 Å². The topological polar surface area (TPSA) is 16.8 Å². The molecule has 2 aromatic carbocycles. The Bertz CT molecular complexity index is 997. The summed E-state index contributed by atoms with van der Waals surface area (Å²) in [4.78, 5) is 9.53. The first kappa shape index (κ1) is 17.9. The highest BCUT2D eigenvalue weighted by atomic mass is 15.5. The van der Waals surface area contributed by atoms with Gasteiger partial charge in [0.25, 0.3) is 0 Å². The van der Waals surface area contributed by atoms with E-state index in [1.165, 1.54) is 34.4 Å². The Morgan fingerprint density at radius 1 is 0.586 bits per heavy atom. The van der Waals surface area contributed by atoms with E-state index >= 15 is 0 Å². The number of benzene rings is 2. The average molecular weight is 387 g/mol. The number of hydrogen-bond acceptors (Lipinski definition) is 4. The summed E-state index contributed by atoms with van der Waals surface area (Å²) in [6, 6.07) is 23.9. The molecule has 148 valence electrons. The van der Waals surface area contributed by atoms with Crippen LogP contribution in [0.1, 0.15) is 13.8 Å². The predicted molar refractivity (Wildman–Crippen MR) is 121 cm³/mol. The van der Waals surface area contributed by atoms with Crippen LogP contribution in [0.3, 0.4) is 0 Å². The van der Waals surface area contributed by atoms with Crippen molar-refractivity contribution < 1.29 is 4.57 Å². The Hall–Kier alpha value is -3.21. The van der Waals surface area contributed by atoms with E-state index < -0.39 is 0 Å². The molecule has 0 saturated heterocycles. The number of rotatable bonds is 2. The van der Waals surface area contributed by atoms with Gasteiger partial charge >= 0.3 is 0 Å². The van der Waals surface area contributed by atoms with Crippen molar-refractivity contribution >= 4 is 34.4 Å². The lowest BCUT2D eigenvalue weighted by molar-refractivity contribution is -0.645. The molecule has 0 aliphatic carbocycles. The van der Waals surface area contributed by atoms with Crippen LogP contribution in [0.2, 0.25) is 0 Å². The molecule has 5 rings (SSSR count). The molecule has 2 aliphatic rings. The number of pyridine rings is 1. The largest absolute Gasteiger partial charge is 0.339 e. The van der Waals surface area contributed by atoms with Crippen LogP contribution in [0.4, 0.5) is 34.4 Å². The van der Waals surface area contributed by atoms with Gasteiger partial charge in [-0.15, -0.1) is 0 Å². The zero-order valence-corrected chi connectivity index (χ0v) is 17.7. The van der Waals surface area contributed by atoms with Crippen LogP contribution in [-0.4, -0.2) is 26.4 Å². The summed E-state index contributed by atoms with van der Waals surface area (Å²) >= 11 is 0. The molecule has 1 aromatic heterocycles. The van der Waals surface area contributed by atoms with Gasteiger partial charge in [0.2, 0.25) is 11.6 Å². The summed E-state index contributed by atoms with van der Waals surface area (Å²) in [6.07, 6.45) is 0.500. The highest BCUT2D eigenvalue weighted by Gasteiger charge is 2.40. The number of aromatic nitrogens is 1. The summed E-state index contributed by atoms with van der Waals surface area (Å²) in [5, 5.41) is 0. The molecule has 0 spiro atoms. The fourth-order valence-corrected chi connectivity index (χ4v) is 4.76. The lowest BCUT2D eigenvalue weighted by atomic mass is 10.2. The SMILES string of the molecule is C[C@@H]1N(C)c2ccccc2N1c1cccc(N2c3ccccc3N(C)[C@@H]2C)[n+]1C. The highest BCUT2D eigenvalue weighted by Crippen LogP contribution is 2.44. The molecule has 0 bridgehead atoms. The number of fused-ring (bicyclic) bond motifs is 2. The molecule has 2 atom stereocenters. The van der Waals surface area contributed by atoms with Gasteiger partial charge in [0.05, 0.1) is 18.4 Å². The van der Waals surface area contributed by atoms with Gasteiger partial charge in [0.1, 0.15) is 11.4 Å². The number of anilines is 6. The van der Waals surface area contributed by atoms with Crippen LogP contribution in [0.15, 0.2) is 66.7 Å².